The second-order valence-electron chi connectivity index (χ2n) is 6.62. The third-order valence-electron chi connectivity index (χ3n) is 5.14. The summed E-state index contributed by atoms with van der Waals surface area (Å²) in [6, 6.07) is 7.34. The van der Waals surface area contributed by atoms with Gasteiger partial charge in [0.15, 0.2) is 0 Å². The Bertz CT molecular complexity index is 608. The van der Waals surface area contributed by atoms with E-state index in [9.17, 15) is 14.7 Å². The largest absolute Gasteiger partial charge is 0.481 e. The molecule has 7 heteroatoms. The third kappa shape index (κ3) is 3.85. The molecule has 1 aliphatic heterocycles. The summed E-state index contributed by atoms with van der Waals surface area (Å²) in [7, 11) is 0. The number of rotatable bonds is 5. The smallest absolute Gasteiger partial charge is 0.311 e. The van der Waals surface area contributed by atoms with Crippen molar-refractivity contribution in [1.29, 1.82) is 0 Å². The highest BCUT2D eigenvalue weighted by molar-refractivity contribution is 6.30. The van der Waals surface area contributed by atoms with Crippen molar-refractivity contribution in [2.45, 2.75) is 25.8 Å². The summed E-state index contributed by atoms with van der Waals surface area (Å²) in [5, 5.41) is 13.1. The number of hydrogen-bond acceptors (Lipinski definition) is 3. The van der Waals surface area contributed by atoms with Crippen molar-refractivity contribution in [3.8, 4) is 0 Å². The summed E-state index contributed by atoms with van der Waals surface area (Å²) in [4.78, 5) is 25.7. The van der Waals surface area contributed by atoms with Crippen LogP contribution in [0, 0.1) is 11.3 Å². The minimum absolute atomic E-state index is 0. The molecule has 2 fully saturated rings. The van der Waals surface area contributed by atoms with Gasteiger partial charge in [-0.25, -0.2) is 0 Å². The topological polar surface area (TPSA) is 69.6 Å². The van der Waals surface area contributed by atoms with Gasteiger partial charge in [0.2, 0.25) is 5.91 Å². The zero-order valence-electron chi connectivity index (χ0n) is 13.3. The molecule has 2 N–H and O–H groups in total. The van der Waals surface area contributed by atoms with Gasteiger partial charge in [0.1, 0.15) is 0 Å². The molecular weight excluding hydrogens is 351 g/mol. The lowest BCUT2D eigenvalue weighted by Crippen LogP contribution is -2.39. The molecule has 5 nitrogen and oxygen atoms in total. The van der Waals surface area contributed by atoms with E-state index in [0.717, 1.165) is 24.8 Å². The minimum Gasteiger partial charge on any atom is -0.481 e. The molecule has 0 spiro atoms. The molecule has 1 aromatic carbocycles. The van der Waals surface area contributed by atoms with Gasteiger partial charge >= 0.3 is 5.97 Å². The summed E-state index contributed by atoms with van der Waals surface area (Å²) >= 11 is 5.83. The Morgan fingerprint density at radius 2 is 2.04 bits per heavy atom. The highest BCUT2D eigenvalue weighted by Gasteiger charge is 2.54. The molecule has 0 unspecified atom stereocenters. The summed E-state index contributed by atoms with van der Waals surface area (Å²) in [5.41, 5.74) is 0.360. The second-order valence-corrected chi connectivity index (χ2v) is 7.06. The molecule has 0 aromatic heterocycles. The van der Waals surface area contributed by atoms with Gasteiger partial charge in [-0.3, -0.25) is 14.5 Å². The first-order valence-corrected chi connectivity index (χ1v) is 8.34. The highest BCUT2D eigenvalue weighted by Crippen LogP contribution is 2.48. The van der Waals surface area contributed by atoms with Crippen molar-refractivity contribution < 1.29 is 14.7 Å². The van der Waals surface area contributed by atoms with Crippen molar-refractivity contribution in [2.24, 2.45) is 11.3 Å². The number of carboxylic acid groups (broad SMARTS) is 1. The number of aliphatic carboxylic acids is 1. The van der Waals surface area contributed by atoms with Gasteiger partial charge in [-0.15, -0.1) is 12.4 Å². The number of carbonyl (C=O) groups excluding carboxylic acids is 1. The Balaban J connectivity index is 0.00000208. The fourth-order valence-electron chi connectivity index (χ4n) is 3.93. The number of benzene rings is 1. The Hall–Kier alpha value is -1.30. The van der Waals surface area contributed by atoms with E-state index in [-0.39, 0.29) is 30.8 Å². The molecule has 1 aromatic rings. The lowest BCUT2D eigenvalue weighted by molar-refractivity contribution is -0.149. The average molecular weight is 373 g/mol. The third-order valence-corrected chi connectivity index (χ3v) is 5.39. The van der Waals surface area contributed by atoms with Gasteiger partial charge in [0, 0.05) is 24.7 Å². The number of nitrogens with zero attached hydrogens (tertiary/aromatic N) is 1. The number of likely N-dealkylation sites (tertiary alicyclic amines) is 1. The Labute approximate surface area is 152 Å². The Kier molecular flexibility index (Phi) is 6.12. The predicted molar refractivity (Wildman–Crippen MR) is 94.4 cm³/mol. The van der Waals surface area contributed by atoms with Crippen molar-refractivity contribution in [3.63, 3.8) is 0 Å². The Morgan fingerprint density at radius 3 is 2.67 bits per heavy atom. The lowest BCUT2D eigenvalue weighted by Gasteiger charge is -2.23. The molecule has 3 rings (SSSR count). The average Bonchev–Trinajstić information content (AvgIpc) is 3.04. The molecule has 1 amide bonds. The van der Waals surface area contributed by atoms with E-state index in [1.54, 1.807) is 12.1 Å². The van der Waals surface area contributed by atoms with E-state index in [0.29, 0.717) is 24.7 Å². The maximum absolute atomic E-state index is 12.1. The maximum Gasteiger partial charge on any atom is 0.311 e. The SMILES string of the molecule is Cl.O=C(CN1C[C@@H]2CCC[C@@]2(C(=O)O)C1)NCc1ccc(Cl)cc1. The monoisotopic (exact) mass is 372 g/mol. The predicted octanol–water partition coefficient (Wildman–Crippen LogP) is 2.56. The van der Waals surface area contributed by atoms with Crippen LogP contribution in [0.4, 0.5) is 0 Å². The van der Waals surface area contributed by atoms with Crippen LogP contribution >= 0.6 is 24.0 Å². The maximum atomic E-state index is 12.1. The molecule has 1 saturated heterocycles. The van der Waals surface area contributed by atoms with Crippen LogP contribution in [0.2, 0.25) is 5.02 Å². The quantitative estimate of drug-likeness (QED) is 0.833. The first kappa shape index (κ1) is 19.0. The van der Waals surface area contributed by atoms with Gasteiger partial charge in [-0.2, -0.15) is 0 Å². The van der Waals surface area contributed by atoms with Crippen LogP contribution in [-0.4, -0.2) is 41.5 Å². The zero-order valence-corrected chi connectivity index (χ0v) is 14.9. The van der Waals surface area contributed by atoms with Crippen molar-refractivity contribution in [3.05, 3.63) is 34.9 Å². The molecule has 2 aliphatic rings. The van der Waals surface area contributed by atoms with Gasteiger partial charge in [-0.1, -0.05) is 30.2 Å². The summed E-state index contributed by atoms with van der Waals surface area (Å²) < 4.78 is 0. The van der Waals surface area contributed by atoms with Crippen molar-refractivity contribution in [1.82, 2.24) is 10.2 Å². The van der Waals surface area contributed by atoms with E-state index < -0.39 is 11.4 Å². The van der Waals surface area contributed by atoms with Gasteiger partial charge in [0.25, 0.3) is 0 Å². The van der Waals surface area contributed by atoms with Crippen LogP contribution in [0.15, 0.2) is 24.3 Å². The van der Waals surface area contributed by atoms with Gasteiger partial charge in [0.05, 0.1) is 12.0 Å². The molecule has 132 valence electrons. The van der Waals surface area contributed by atoms with Crippen LogP contribution < -0.4 is 5.32 Å². The number of halogens is 2. The molecule has 24 heavy (non-hydrogen) atoms. The summed E-state index contributed by atoms with van der Waals surface area (Å²) in [6.45, 7) is 1.92. The van der Waals surface area contributed by atoms with Crippen LogP contribution in [0.3, 0.4) is 0 Å². The van der Waals surface area contributed by atoms with Crippen LogP contribution in [0.25, 0.3) is 0 Å². The van der Waals surface area contributed by atoms with Gasteiger partial charge < -0.3 is 10.4 Å². The van der Waals surface area contributed by atoms with E-state index in [1.165, 1.54) is 0 Å². The number of nitrogens with one attached hydrogen (secondary N) is 1. The molecule has 1 heterocycles. The fourth-order valence-corrected chi connectivity index (χ4v) is 4.05. The number of fused-ring (bicyclic) bond motifs is 1. The number of amides is 1. The minimum atomic E-state index is -0.705. The van der Waals surface area contributed by atoms with Crippen molar-refractivity contribution >= 4 is 35.9 Å². The fraction of sp³-hybridized carbons (Fsp3) is 0.529. The Morgan fingerprint density at radius 1 is 1.33 bits per heavy atom. The normalized spacial score (nSPS) is 25.8. The number of hydrogen-bond donors (Lipinski definition) is 2. The molecular formula is C17H22Cl2N2O3. The van der Waals surface area contributed by atoms with E-state index >= 15 is 0 Å². The van der Waals surface area contributed by atoms with E-state index in [1.807, 2.05) is 17.0 Å². The summed E-state index contributed by atoms with van der Waals surface area (Å²) in [6.07, 6.45) is 2.67. The summed E-state index contributed by atoms with van der Waals surface area (Å²) in [5.74, 6) is -0.589. The highest BCUT2D eigenvalue weighted by atomic mass is 35.5. The first-order chi connectivity index (χ1) is 11.0. The molecule has 0 radical (unpaired) electrons. The van der Waals surface area contributed by atoms with Crippen LogP contribution in [0.5, 0.6) is 0 Å². The van der Waals surface area contributed by atoms with E-state index in [2.05, 4.69) is 5.32 Å². The van der Waals surface area contributed by atoms with Crippen LogP contribution in [-0.2, 0) is 16.1 Å². The zero-order chi connectivity index (χ0) is 16.4. The van der Waals surface area contributed by atoms with Gasteiger partial charge in [-0.05, 0) is 36.5 Å². The molecule has 1 aliphatic carbocycles. The number of carboxylic acids is 1. The first-order valence-electron chi connectivity index (χ1n) is 7.96. The molecule has 0 bridgehead atoms. The molecule has 1 saturated carbocycles. The van der Waals surface area contributed by atoms with E-state index in [4.69, 9.17) is 11.6 Å². The van der Waals surface area contributed by atoms with Crippen LogP contribution in [0.1, 0.15) is 24.8 Å². The molecule has 2 atom stereocenters. The standard InChI is InChI=1S/C17H21ClN2O3.ClH/c18-14-5-3-12(4-6-14)8-19-15(21)10-20-9-13-2-1-7-17(13,11-20)16(22)23;/h3-6,13H,1-2,7-11H2,(H,19,21)(H,22,23);1H/t13-,17+;/m0./s1. The second kappa shape index (κ2) is 7.72. The number of carbonyl (C=O) groups is 2. The van der Waals surface area contributed by atoms with Crippen molar-refractivity contribution in [2.75, 3.05) is 19.6 Å². The lowest BCUT2D eigenvalue weighted by atomic mass is 9.81.